The Bertz CT molecular complexity index is 1830. The van der Waals surface area contributed by atoms with Gasteiger partial charge in [-0.15, -0.1) is 15.0 Å². The second-order valence-electron chi connectivity index (χ2n) is 8.54. The third-order valence-electron chi connectivity index (χ3n) is 6.15. The minimum absolute atomic E-state index is 0.0625. The van der Waals surface area contributed by atoms with Crippen molar-refractivity contribution >= 4 is 34.0 Å². The number of nitrogens with one attached hydrogen (secondary N) is 2. The molecule has 0 fully saturated rings. The molecule has 0 unspecified atom stereocenters. The Morgan fingerprint density at radius 2 is 1.70 bits per heavy atom. The molecule has 0 aliphatic carbocycles. The Morgan fingerprint density at radius 1 is 0.925 bits per heavy atom. The van der Waals surface area contributed by atoms with Gasteiger partial charge in [0.1, 0.15) is 0 Å². The quantitative estimate of drug-likeness (QED) is 0.304. The summed E-state index contributed by atoms with van der Waals surface area (Å²) < 4.78 is 84.6. The number of benzene rings is 3. The minimum atomic E-state index is -5.10. The number of anilines is 2. The van der Waals surface area contributed by atoms with Gasteiger partial charge in [0.05, 0.1) is 28.7 Å². The van der Waals surface area contributed by atoms with Crippen LogP contribution >= 0.6 is 0 Å². The number of rotatable bonds is 4. The van der Waals surface area contributed by atoms with Crippen molar-refractivity contribution in [3.05, 3.63) is 83.4 Å². The molecule has 0 radical (unpaired) electrons. The Morgan fingerprint density at radius 3 is 2.40 bits per heavy atom. The van der Waals surface area contributed by atoms with Gasteiger partial charge in [0.2, 0.25) is 0 Å². The van der Waals surface area contributed by atoms with Crippen LogP contribution in [0.25, 0.3) is 22.1 Å². The third-order valence-corrected chi connectivity index (χ3v) is 6.15. The lowest BCUT2D eigenvalue weighted by Crippen LogP contribution is -2.21. The minimum Gasteiger partial charge on any atom is -0.322 e. The number of hydrogen-bond acceptors (Lipinski definition) is 6. The van der Waals surface area contributed by atoms with Crippen LogP contribution in [0.4, 0.5) is 37.7 Å². The van der Waals surface area contributed by atoms with Gasteiger partial charge in [-0.1, -0.05) is 12.1 Å². The van der Waals surface area contributed by atoms with Crippen LogP contribution in [-0.4, -0.2) is 41.8 Å². The van der Waals surface area contributed by atoms with Crippen molar-refractivity contribution in [1.82, 2.24) is 30.0 Å². The molecule has 5 aromatic rings. The predicted molar refractivity (Wildman–Crippen MR) is 126 cm³/mol. The fraction of sp³-hybridized carbons (Fsp3) is 0.0833. The lowest BCUT2D eigenvalue weighted by Gasteiger charge is -2.16. The standard InChI is InChI=1S/C24H12F6N8O2/c25-23(26,27)15-8-11(4-6-18(15)38-33-10-31-36-38)34-22(40)14-9-32-37(20(14)24(28,29)30)17-7-5-16-19-12(17)2-1-3-13(19)21(39)35-16/h1-10H,(H,34,40)(H,35,39). The Kier molecular flexibility index (Phi) is 5.39. The van der Waals surface area contributed by atoms with E-state index in [-0.39, 0.29) is 16.6 Å². The summed E-state index contributed by atoms with van der Waals surface area (Å²) in [6.45, 7) is 0. The maximum atomic E-state index is 14.3. The van der Waals surface area contributed by atoms with Crippen LogP contribution in [0.1, 0.15) is 32.0 Å². The monoisotopic (exact) mass is 558 g/mol. The molecule has 16 heteroatoms. The van der Waals surface area contributed by atoms with Crippen LogP contribution in [0.15, 0.2) is 61.1 Å². The molecule has 3 heterocycles. The number of hydrogen-bond donors (Lipinski definition) is 2. The summed E-state index contributed by atoms with van der Waals surface area (Å²) in [5.74, 6) is -1.76. The molecular formula is C24H12F6N8O2. The van der Waals surface area contributed by atoms with Gasteiger partial charge >= 0.3 is 12.4 Å². The number of aromatic nitrogens is 6. The highest BCUT2D eigenvalue weighted by atomic mass is 19.4. The smallest absolute Gasteiger partial charge is 0.322 e. The molecular weight excluding hydrogens is 546 g/mol. The van der Waals surface area contributed by atoms with E-state index in [4.69, 9.17) is 0 Å². The van der Waals surface area contributed by atoms with Crippen LogP contribution in [0.3, 0.4) is 0 Å². The van der Waals surface area contributed by atoms with Gasteiger partial charge in [0.25, 0.3) is 11.8 Å². The summed E-state index contributed by atoms with van der Waals surface area (Å²) in [7, 11) is 0. The van der Waals surface area contributed by atoms with E-state index >= 15 is 0 Å². The summed E-state index contributed by atoms with van der Waals surface area (Å²) in [6.07, 6.45) is -8.43. The van der Waals surface area contributed by atoms with Gasteiger partial charge in [-0.05, 0) is 41.6 Å². The van der Waals surface area contributed by atoms with E-state index < -0.39 is 52.4 Å². The maximum absolute atomic E-state index is 14.3. The molecule has 1 aliphatic rings. The van der Waals surface area contributed by atoms with E-state index in [2.05, 4.69) is 31.1 Å². The van der Waals surface area contributed by atoms with Gasteiger partial charge in [-0.2, -0.15) is 31.4 Å². The van der Waals surface area contributed by atoms with Gasteiger partial charge in [0, 0.05) is 27.7 Å². The van der Waals surface area contributed by atoms with Crippen molar-refractivity contribution in [3.8, 4) is 11.4 Å². The molecule has 0 bridgehead atoms. The molecule has 2 N–H and O–H groups in total. The van der Waals surface area contributed by atoms with Crippen molar-refractivity contribution in [2.24, 2.45) is 0 Å². The van der Waals surface area contributed by atoms with Crippen LogP contribution in [-0.2, 0) is 12.4 Å². The van der Waals surface area contributed by atoms with E-state index in [0.29, 0.717) is 32.8 Å². The van der Waals surface area contributed by atoms with E-state index in [9.17, 15) is 35.9 Å². The lowest BCUT2D eigenvalue weighted by atomic mass is 10.0. The van der Waals surface area contributed by atoms with Crippen molar-refractivity contribution in [1.29, 1.82) is 0 Å². The summed E-state index contributed by atoms with van der Waals surface area (Å²) in [4.78, 5) is 25.8. The number of carbonyl (C=O) groups excluding carboxylic acids is 2. The molecule has 0 spiro atoms. The van der Waals surface area contributed by atoms with E-state index in [1.165, 1.54) is 30.3 Å². The number of carbonyl (C=O) groups is 2. The first-order valence-corrected chi connectivity index (χ1v) is 11.2. The van der Waals surface area contributed by atoms with Crippen molar-refractivity contribution in [3.63, 3.8) is 0 Å². The maximum Gasteiger partial charge on any atom is 0.434 e. The SMILES string of the molecule is O=C(Nc1ccc(-n2ncnn2)c(C(F)(F)F)c1)c1cnn(-c2ccc3c4c(cccc24)C(=O)N3)c1C(F)(F)F. The van der Waals surface area contributed by atoms with Gasteiger partial charge in [-0.25, -0.2) is 4.68 Å². The van der Waals surface area contributed by atoms with Gasteiger partial charge in [-0.3, -0.25) is 9.59 Å². The molecule has 1 aliphatic heterocycles. The first-order valence-electron chi connectivity index (χ1n) is 11.2. The van der Waals surface area contributed by atoms with E-state index in [1.54, 1.807) is 0 Å². The molecule has 6 rings (SSSR count). The van der Waals surface area contributed by atoms with Crippen molar-refractivity contribution in [2.45, 2.75) is 12.4 Å². The number of halogens is 6. The van der Waals surface area contributed by atoms with Crippen molar-refractivity contribution < 1.29 is 35.9 Å². The summed E-state index contributed by atoms with van der Waals surface area (Å²) in [6, 6.07) is 9.78. The van der Waals surface area contributed by atoms with Crippen LogP contribution < -0.4 is 10.6 Å². The van der Waals surface area contributed by atoms with Crippen LogP contribution in [0.5, 0.6) is 0 Å². The molecule has 3 aromatic carbocycles. The Labute approximate surface area is 218 Å². The lowest BCUT2D eigenvalue weighted by molar-refractivity contribution is -0.143. The average molecular weight is 558 g/mol. The summed E-state index contributed by atoms with van der Waals surface area (Å²) in [5, 5.41) is 19.5. The number of amides is 2. The number of tetrazole rings is 1. The Balaban J connectivity index is 1.42. The molecule has 40 heavy (non-hydrogen) atoms. The van der Waals surface area contributed by atoms with E-state index in [0.717, 1.165) is 18.5 Å². The molecule has 2 amide bonds. The second-order valence-corrected chi connectivity index (χ2v) is 8.54. The fourth-order valence-corrected chi connectivity index (χ4v) is 4.52. The zero-order valence-electron chi connectivity index (χ0n) is 19.5. The summed E-state index contributed by atoms with van der Waals surface area (Å²) >= 11 is 0. The van der Waals surface area contributed by atoms with Crippen LogP contribution in [0.2, 0.25) is 0 Å². The number of alkyl halides is 6. The van der Waals surface area contributed by atoms with Crippen LogP contribution in [0, 0.1) is 0 Å². The highest BCUT2D eigenvalue weighted by Gasteiger charge is 2.41. The van der Waals surface area contributed by atoms with Crippen molar-refractivity contribution in [2.75, 3.05) is 10.6 Å². The zero-order valence-corrected chi connectivity index (χ0v) is 19.5. The van der Waals surface area contributed by atoms with E-state index in [1.807, 2.05) is 0 Å². The highest BCUT2D eigenvalue weighted by Crippen LogP contribution is 2.40. The predicted octanol–water partition coefficient (Wildman–Crippen LogP) is 4.86. The fourth-order valence-electron chi connectivity index (χ4n) is 4.52. The largest absolute Gasteiger partial charge is 0.434 e. The third kappa shape index (κ3) is 4.00. The normalized spacial score (nSPS) is 13.1. The zero-order chi connectivity index (χ0) is 28.4. The second kappa shape index (κ2) is 8.62. The first kappa shape index (κ1) is 25.0. The summed E-state index contributed by atoms with van der Waals surface area (Å²) in [5.41, 5.74) is -3.98. The number of nitrogens with zero attached hydrogens (tertiary/aromatic N) is 6. The molecule has 0 saturated heterocycles. The average Bonchev–Trinajstić information content (AvgIpc) is 3.64. The molecule has 202 valence electrons. The van der Waals surface area contributed by atoms with Gasteiger partial charge in [0.15, 0.2) is 12.0 Å². The molecule has 2 aromatic heterocycles. The highest BCUT2D eigenvalue weighted by molar-refractivity contribution is 6.25. The molecule has 10 nitrogen and oxygen atoms in total. The topological polar surface area (TPSA) is 120 Å². The van der Waals surface area contributed by atoms with Gasteiger partial charge < -0.3 is 10.6 Å². The molecule has 0 saturated carbocycles. The first-order chi connectivity index (χ1) is 18.9. The molecule has 0 atom stereocenters. The Hall–Kier alpha value is -5.28.